The molecule has 0 aromatic heterocycles. The molecule has 0 rings (SSSR count). The molecule has 59 heavy (non-hydrogen) atoms. The first kappa shape index (κ1) is 56.8. The van der Waals surface area contributed by atoms with Gasteiger partial charge in [-0.2, -0.15) is 0 Å². The van der Waals surface area contributed by atoms with Gasteiger partial charge in [0.2, 0.25) is 0 Å². The summed E-state index contributed by atoms with van der Waals surface area (Å²) < 4.78 is 17.3. The van der Waals surface area contributed by atoms with E-state index in [1.807, 2.05) is 21.1 Å². The maximum Gasteiger partial charge on any atom is 0.362 e. The second kappa shape index (κ2) is 42.5. The van der Waals surface area contributed by atoms with Crippen molar-refractivity contribution in [2.75, 3.05) is 41.0 Å². The van der Waals surface area contributed by atoms with Gasteiger partial charge in [-0.25, -0.2) is 4.79 Å². The topological polar surface area (TPSA) is 99.1 Å². The highest BCUT2D eigenvalue weighted by Gasteiger charge is 2.31. The number of hydrogen-bond acceptors (Lipinski definition) is 6. The number of carboxylic acid groups (broad SMARTS) is 1. The third-order valence-corrected chi connectivity index (χ3v) is 11.3. The standard InChI is InChI=1S/C51H95NO7/c1-6-8-10-12-14-16-18-20-22-23-24-25-26-27-28-30-32-34-36-38-40-42-50(54)59-47(45-57-44-43-48(51(55)56)52(3,4)5)46-58-49(53)41-39-37-35-33-31-29-21-19-17-15-13-11-9-7-2/h25-26,29,31,47-48H,6-24,27-28,30,32-46H2,1-5H3/p+1/b26-25+,31-29+. The van der Waals surface area contributed by atoms with E-state index in [9.17, 15) is 19.5 Å². The smallest absolute Gasteiger partial charge is 0.362 e. The van der Waals surface area contributed by atoms with Crippen molar-refractivity contribution in [2.45, 2.75) is 244 Å². The number of aliphatic carboxylic acids is 1. The number of ether oxygens (including phenoxy) is 3. The van der Waals surface area contributed by atoms with E-state index < -0.39 is 18.1 Å². The van der Waals surface area contributed by atoms with Crippen molar-refractivity contribution in [3.63, 3.8) is 0 Å². The van der Waals surface area contributed by atoms with Gasteiger partial charge < -0.3 is 23.8 Å². The van der Waals surface area contributed by atoms with Gasteiger partial charge in [-0.15, -0.1) is 0 Å². The molecule has 0 amide bonds. The van der Waals surface area contributed by atoms with Crippen LogP contribution in [0.1, 0.15) is 232 Å². The third-order valence-electron chi connectivity index (χ3n) is 11.3. The van der Waals surface area contributed by atoms with E-state index in [4.69, 9.17) is 14.2 Å². The number of hydrogen-bond donors (Lipinski definition) is 1. The number of unbranched alkanes of at least 4 members (excludes halogenated alkanes) is 27. The Bertz CT molecular complexity index is 1020. The maximum absolute atomic E-state index is 12.8. The van der Waals surface area contributed by atoms with E-state index in [0.717, 1.165) is 51.4 Å². The summed E-state index contributed by atoms with van der Waals surface area (Å²) in [5.74, 6) is -1.48. The first-order chi connectivity index (χ1) is 28.6. The minimum absolute atomic E-state index is 0.0574. The molecule has 0 heterocycles. The lowest BCUT2D eigenvalue weighted by molar-refractivity contribution is -0.887. The number of nitrogens with zero attached hydrogens (tertiary/aromatic N) is 1. The summed E-state index contributed by atoms with van der Waals surface area (Å²) in [6.07, 6.45) is 48.0. The van der Waals surface area contributed by atoms with Crippen LogP contribution in [0, 0.1) is 0 Å². The Balaban J connectivity index is 4.25. The Kier molecular flexibility index (Phi) is 40.9. The lowest BCUT2D eigenvalue weighted by Gasteiger charge is -2.31. The molecule has 0 aromatic rings. The van der Waals surface area contributed by atoms with Crippen molar-refractivity contribution in [1.82, 2.24) is 0 Å². The summed E-state index contributed by atoms with van der Waals surface area (Å²) in [7, 11) is 5.53. The summed E-state index contributed by atoms with van der Waals surface area (Å²) in [4.78, 5) is 37.1. The Labute approximate surface area is 364 Å². The third kappa shape index (κ3) is 41.0. The van der Waals surface area contributed by atoms with Crippen LogP contribution in [0.5, 0.6) is 0 Å². The second-order valence-electron chi connectivity index (χ2n) is 18.1. The monoisotopic (exact) mass is 835 g/mol. The fourth-order valence-electron chi connectivity index (χ4n) is 7.43. The molecule has 1 N–H and O–H groups in total. The molecule has 2 atom stereocenters. The summed E-state index contributed by atoms with van der Waals surface area (Å²) >= 11 is 0. The van der Waals surface area contributed by atoms with E-state index in [2.05, 4.69) is 38.2 Å². The van der Waals surface area contributed by atoms with Crippen molar-refractivity contribution in [3.8, 4) is 0 Å². The zero-order chi connectivity index (χ0) is 43.5. The fourth-order valence-corrected chi connectivity index (χ4v) is 7.43. The highest BCUT2D eigenvalue weighted by molar-refractivity contribution is 5.72. The molecule has 0 saturated heterocycles. The molecule has 2 unspecified atom stereocenters. The van der Waals surface area contributed by atoms with Gasteiger partial charge in [-0.05, 0) is 64.2 Å². The van der Waals surface area contributed by atoms with Crippen molar-refractivity contribution < 1.29 is 38.2 Å². The SMILES string of the molecule is CCCCCCCCC/C=C/CCCCCC(=O)OCC(COCCC(C(=O)O)[N+](C)(C)C)OC(=O)CCCCCCCCC/C=C/CCCCCCCCCCCC. The molecule has 0 aliphatic rings. The number of likely N-dealkylation sites (N-methyl/N-ethyl adjacent to an activating group) is 1. The van der Waals surface area contributed by atoms with Gasteiger partial charge in [-0.3, -0.25) is 9.59 Å². The lowest BCUT2D eigenvalue weighted by atomic mass is 10.1. The van der Waals surface area contributed by atoms with Gasteiger partial charge >= 0.3 is 17.9 Å². The number of carbonyl (C=O) groups excluding carboxylic acids is 2. The molecule has 0 bridgehead atoms. The summed E-state index contributed by atoms with van der Waals surface area (Å²) in [5.41, 5.74) is 0. The number of quaternary nitrogens is 1. The molecule has 0 fully saturated rings. The normalized spacial score (nSPS) is 13.0. The van der Waals surface area contributed by atoms with Crippen LogP contribution in [0.3, 0.4) is 0 Å². The zero-order valence-corrected chi connectivity index (χ0v) is 39.5. The summed E-state index contributed by atoms with van der Waals surface area (Å²) in [6, 6.07) is -0.615. The van der Waals surface area contributed by atoms with Crippen LogP contribution >= 0.6 is 0 Å². The van der Waals surface area contributed by atoms with E-state index in [0.29, 0.717) is 19.3 Å². The number of esters is 2. The Morgan fingerprint density at radius 3 is 1.24 bits per heavy atom. The number of carbonyl (C=O) groups is 3. The van der Waals surface area contributed by atoms with Gasteiger partial charge in [0.15, 0.2) is 12.1 Å². The van der Waals surface area contributed by atoms with E-state index in [1.54, 1.807) is 0 Å². The summed E-state index contributed by atoms with van der Waals surface area (Å²) in [6.45, 7) is 4.74. The highest BCUT2D eigenvalue weighted by Crippen LogP contribution is 2.15. The molecular formula is C51H96NO7+. The van der Waals surface area contributed by atoms with Crippen LogP contribution < -0.4 is 0 Å². The van der Waals surface area contributed by atoms with Crippen molar-refractivity contribution >= 4 is 17.9 Å². The second-order valence-corrected chi connectivity index (χ2v) is 18.1. The van der Waals surface area contributed by atoms with Gasteiger partial charge in [0, 0.05) is 19.3 Å². The molecule has 8 nitrogen and oxygen atoms in total. The van der Waals surface area contributed by atoms with Gasteiger partial charge in [0.25, 0.3) is 0 Å². The first-order valence-corrected chi connectivity index (χ1v) is 24.9. The fraction of sp³-hybridized carbons (Fsp3) is 0.863. The number of allylic oxidation sites excluding steroid dienone is 4. The molecular weight excluding hydrogens is 739 g/mol. The number of rotatable bonds is 45. The molecule has 8 heteroatoms. The molecule has 0 aliphatic heterocycles. The predicted molar refractivity (Wildman–Crippen MR) is 248 cm³/mol. The van der Waals surface area contributed by atoms with Crippen molar-refractivity contribution in [1.29, 1.82) is 0 Å². The average Bonchev–Trinajstić information content (AvgIpc) is 3.19. The van der Waals surface area contributed by atoms with E-state index >= 15 is 0 Å². The van der Waals surface area contributed by atoms with Crippen LogP contribution in [-0.2, 0) is 28.6 Å². The van der Waals surface area contributed by atoms with Crippen molar-refractivity contribution in [2.24, 2.45) is 0 Å². The van der Waals surface area contributed by atoms with Gasteiger partial charge in [0.1, 0.15) is 6.61 Å². The Morgan fingerprint density at radius 1 is 0.492 bits per heavy atom. The first-order valence-electron chi connectivity index (χ1n) is 24.9. The molecule has 0 radical (unpaired) electrons. The lowest BCUT2D eigenvalue weighted by Crippen LogP contribution is -2.50. The average molecular weight is 835 g/mol. The summed E-state index contributed by atoms with van der Waals surface area (Å²) in [5, 5.41) is 9.64. The maximum atomic E-state index is 12.8. The van der Waals surface area contributed by atoms with Gasteiger partial charge in [0.05, 0.1) is 34.4 Å². The van der Waals surface area contributed by atoms with E-state index in [1.165, 1.54) is 148 Å². The van der Waals surface area contributed by atoms with Crippen LogP contribution in [0.4, 0.5) is 0 Å². The minimum Gasteiger partial charge on any atom is -0.477 e. The number of carboxylic acids is 1. The van der Waals surface area contributed by atoms with Crippen LogP contribution in [0.2, 0.25) is 0 Å². The Morgan fingerprint density at radius 2 is 0.847 bits per heavy atom. The largest absolute Gasteiger partial charge is 0.477 e. The molecule has 0 saturated carbocycles. The van der Waals surface area contributed by atoms with Crippen LogP contribution in [0.25, 0.3) is 0 Å². The minimum atomic E-state index is -0.875. The van der Waals surface area contributed by atoms with Gasteiger partial charge in [-0.1, -0.05) is 173 Å². The quantitative estimate of drug-likeness (QED) is 0.0282. The molecule has 346 valence electrons. The highest BCUT2D eigenvalue weighted by atomic mass is 16.6. The molecule has 0 aromatic carbocycles. The van der Waals surface area contributed by atoms with Crippen molar-refractivity contribution in [3.05, 3.63) is 24.3 Å². The van der Waals surface area contributed by atoms with Crippen LogP contribution in [-0.4, -0.2) is 80.6 Å². The molecule has 0 aliphatic carbocycles. The molecule has 0 spiro atoms. The van der Waals surface area contributed by atoms with Crippen LogP contribution in [0.15, 0.2) is 24.3 Å². The zero-order valence-electron chi connectivity index (χ0n) is 39.5. The Hall–Kier alpha value is -2.19. The van der Waals surface area contributed by atoms with E-state index in [-0.39, 0.29) is 36.2 Å². The predicted octanol–water partition coefficient (Wildman–Crippen LogP) is 14.0.